The molecule has 1 amide bonds. The van der Waals surface area contributed by atoms with Crippen molar-refractivity contribution in [2.75, 3.05) is 13.1 Å². The van der Waals surface area contributed by atoms with Crippen molar-refractivity contribution >= 4 is 11.9 Å². The second-order valence-electron chi connectivity index (χ2n) is 12.0. The Hall–Kier alpha value is -2.78. The topological polar surface area (TPSA) is 140 Å². The van der Waals surface area contributed by atoms with E-state index in [2.05, 4.69) is 10.2 Å². The first kappa shape index (κ1) is 24.6. The van der Waals surface area contributed by atoms with Crippen LogP contribution in [0.5, 0.6) is 11.5 Å². The van der Waals surface area contributed by atoms with Gasteiger partial charge in [0.15, 0.2) is 17.6 Å². The van der Waals surface area contributed by atoms with E-state index in [4.69, 9.17) is 4.74 Å². The molecule has 2 heterocycles. The van der Waals surface area contributed by atoms with E-state index in [0.717, 1.165) is 12.1 Å². The average Bonchev–Trinajstić information content (AvgIpc) is 3.40. The zero-order valence-corrected chi connectivity index (χ0v) is 21.4. The lowest BCUT2D eigenvalue weighted by atomic mass is 9.53. The van der Waals surface area contributed by atoms with E-state index in [0.29, 0.717) is 56.6 Å². The molecule has 200 valence electrons. The van der Waals surface area contributed by atoms with Gasteiger partial charge in [0, 0.05) is 18.2 Å². The van der Waals surface area contributed by atoms with E-state index in [-0.39, 0.29) is 28.9 Å². The molecular weight excluding hydrogens is 476 g/mol. The lowest BCUT2D eigenvalue weighted by Gasteiger charge is -2.59. The SMILES string of the molecule is C/C(C(=O)NC1(C(=O)O)CCCC1)=C(/O)[C@@H]1Oc2c(O)ccc3c2[C@@]12CCN(CC1CC1)[C@H](C3)[C@@]2(C)O. The number of carbonyl (C=O) groups excluding carboxylic acids is 1. The quantitative estimate of drug-likeness (QED) is 0.289. The number of likely N-dealkylation sites (tertiary alicyclic amines) is 1. The van der Waals surface area contributed by atoms with Gasteiger partial charge in [0.2, 0.25) is 0 Å². The number of carboxylic acid groups (broad SMARTS) is 1. The van der Waals surface area contributed by atoms with Gasteiger partial charge in [-0.1, -0.05) is 18.9 Å². The van der Waals surface area contributed by atoms with Crippen LogP contribution in [-0.4, -0.2) is 73.6 Å². The van der Waals surface area contributed by atoms with Crippen molar-refractivity contribution in [2.45, 2.75) is 93.9 Å². The van der Waals surface area contributed by atoms with Crippen LogP contribution in [-0.2, 0) is 21.4 Å². The van der Waals surface area contributed by atoms with Crippen molar-refractivity contribution in [3.05, 3.63) is 34.6 Å². The average molecular weight is 513 g/mol. The van der Waals surface area contributed by atoms with Crippen LogP contribution in [0.25, 0.3) is 0 Å². The van der Waals surface area contributed by atoms with Gasteiger partial charge in [0.1, 0.15) is 11.3 Å². The number of piperidine rings is 1. The summed E-state index contributed by atoms with van der Waals surface area (Å²) in [5, 5.41) is 47.0. The number of carbonyl (C=O) groups is 2. The van der Waals surface area contributed by atoms with Crippen molar-refractivity contribution in [3.8, 4) is 11.5 Å². The van der Waals surface area contributed by atoms with Gasteiger partial charge in [-0.05, 0) is 76.5 Å². The van der Waals surface area contributed by atoms with Crippen LogP contribution >= 0.6 is 0 Å². The number of ether oxygens (including phenoxy) is 1. The van der Waals surface area contributed by atoms with Crippen LogP contribution in [0.15, 0.2) is 23.5 Å². The number of phenols is 1. The number of fused-ring (bicyclic) bond motifs is 1. The van der Waals surface area contributed by atoms with Gasteiger partial charge in [-0.3, -0.25) is 9.69 Å². The predicted octanol–water partition coefficient (Wildman–Crippen LogP) is 2.53. The van der Waals surface area contributed by atoms with E-state index in [9.17, 15) is 30.0 Å². The minimum Gasteiger partial charge on any atom is -0.508 e. The number of phenolic OH excluding ortho intramolecular Hbond substituents is 1. The molecule has 3 fully saturated rings. The van der Waals surface area contributed by atoms with E-state index < -0.39 is 34.5 Å². The maximum Gasteiger partial charge on any atom is 0.329 e. The Bertz CT molecular complexity index is 1200. The number of aliphatic carboxylic acids is 1. The minimum absolute atomic E-state index is 0.0425. The number of aliphatic hydroxyl groups is 2. The highest BCUT2D eigenvalue weighted by molar-refractivity contribution is 5.97. The lowest BCUT2D eigenvalue weighted by Crippen LogP contribution is -2.73. The summed E-state index contributed by atoms with van der Waals surface area (Å²) in [5.74, 6) is -1.26. The highest BCUT2D eigenvalue weighted by Gasteiger charge is 2.69. The Labute approximate surface area is 216 Å². The summed E-state index contributed by atoms with van der Waals surface area (Å²) in [6.45, 7) is 4.86. The van der Waals surface area contributed by atoms with Crippen LogP contribution in [0.2, 0.25) is 0 Å². The highest BCUT2D eigenvalue weighted by Crippen LogP contribution is 2.63. The maximum atomic E-state index is 13.3. The molecule has 2 bridgehead atoms. The summed E-state index contributed by atoms with van der Waals surface area (Å²) < 4.78 is 6.25. The van der Waals surface area contributed by atoms with Crippen LogP contribution in [0.3, 0.4) is 0 Å². The number of aromatic hydroxyl groups is 1. The number of nitrogens with zero attached hydrogens (tertiary/aromatic N) is 1. The summed E-state index contributed by atoms with van der Waals surface area (Å²) in [4.78, 5) is 27.6. The van der Waals surface area contributed by atoms with Gasteiger partial charge in [-0.25, -0.2) is 4.79 Å². The molecule has 2 saturated carbocycles. The molecule has 5 N–H and O–H groups in total. The predicted molar refractivity (Wildman–Crippen MR) is 134 cm³/mol. The molecule has 1 aromatic carbocycles. The second-order valence-corrected chi connectivity index (χ2v) is 12.0. The Kier molecular flexibility index (Phi) is 5.38. The number of amides is 1. The molecule has 0 unspecified atom stereocenters. The molecule has 9 nitrogen and oxygen atoms in total. The first-order chi connectivity index (χ1) is 17.5. The molecule has 1 aromatic rings. The van der Waals surface area contributed by atoms with E-state index >= 15 is 0 Å². The smallest absolute Gasteiger partial charge is 0.329 e. The number of benzene rings is 1. The summed E-state index contributed by atoms with van der Waals surface area (Å²) >= 11 is 0. The minimum atomic E-state index is -1.35. The van der Waals surface area contributed by atoms with Gasteiger partial charge < -0.3 is 30.5 Å². The highest BCUT2D eigenvalue weighted by atomic mass is 16.5. The molecule has 6 rings (SSSR count). The van der Waals surface area contributed by atoms with Crippen molar-refractivity contribution < 1.29 is 34.8 Å². The molecule has 9 heteroatoms. The van der Waals surface area contributed by atoms with Crippen molar-refractivity contribution in [1.82, 2.24) is 10.2 Å². The first-order valence-corrected chi connectivity index (χ1v) is 13.5. The number of aliphatic hydroxyl groups excluding tert-OH is 1. The third-order valence-corrected chi connectivity index (χ3v) is 9.93. The third-order valence-electron chi connectivity index (χ3n) is 9.93. The fraction of sp³-hybridized carbons (Fsp3) is 0.643. The van der Waals surface area contributed by atoms with Gasteiger partial charge in [0.05, 0.1) is 16.6 Å². The zero-order valence-electron chi connectivity index (χ0n) is 21.4. The van der Waals surface area contributed by atoms with Crippen LogP contribution in [0.1, 0.15) is 69.9 Å². The molecule has 2 aliphatic heterocycles. The van der Waals surface area contributed by atoms with Gasteiger partial charge in [-0.15, -0.1) is 0 Å². The molecule has 5 aliphatic rings. The fourth-order valence-electron chi connectivity index (χ4n) is 7.57. The van der Waals surface area contributed by atoms with Crippen molar-refractivity contribution in [2.24, 2.45) is 5.92 Å². The Balaban J connectivity index is 1.41. The van der Waals surface area contributed by atoms with Crippen molar-refractivity contribution in [3.63, 3.8) is 0 Å². The molecule has 3 aliphatic carbocycles. The number of carboxylic acids is 1. The summed E-state index contributed by atoms with van der Waals surface area (Å²) in [6.07, 6.45) is 4.47. The fourth-order valence-corrected chi connectivity index (χ4v) is 7.57. The molecule has 37 heavy (non-hydrogen) atoms. The Morgan fingerprint density at radius 1 is 1.16 bits per heavy atom. The molecule has 1 saturated heterocycles. The van der Waals surface area contributed by atoms with Gasteiger partial charge in [0.25, 0.3) is 5.91 Å². The summed E-state index contributed by atoms with van der Waals surface area (Å²) in [7, 11) is 0. The van der Waals surface area contributed by atoms with E-state index in [1.54, 1.807) is 13.0 Å². The molecular formula is C28H36N2O7. The summed E-state index contributed by atoms with van der Waals surface area (Å²) in [6, 6.07) is 3.25. The molecule has 1 spiro atoms. The third kappa shape index (κ3) is 3.36. The number of nitrogens with one attached hydrogen (secondary N) is 1. The zero-order chi connectivity index (χ0) is 26.3. The Morgan fingerprint density at radius 3 is 2.51 bits per heavy atom. The number of hydrogen-bond donors (Lipinski definition) is 5. The molecule has 0 aromatic heterocycles. The Morgan fingerprint density at radius 2 is 1.86 bits per heavy atom. The first-order valence-electron chi connectivity index (χ1n) is 13.5. The monoisotopic (exact) mass is 512 g/mol. The van der Waals surface area contributed by atoms with Crippen LogP contribution < -0.4 is 10.1 Å². The lowest BCUT2D eigenvalue weighted by molar-refractivity contribution is -0.153. The van der Waals surface area contributed by atoms with Crippen LogP contribution in [0, 0.1) is 5.92 Å². The second kappa shape index (κ2) is 8.11. The largest absolute Gasteiger partial charge is 0.508 e. The van der Waals surface area contributed by atoms with Gasteiger partial charge in [-0.2, -0.15) is 0 Å². The van der Waals surface area contributed by atoms with E-state index in [1.165, 1.54) is 19.8 Å². The van der Waals surface area contributed by atoms with Crippen molar-refractivity contribution in [1.29, 1.82) is 0 Å². The maximum absolute atomic E-state index is 13.3. The van der Waals surface area contributed by atoms with Gasteiger partial charge >= 0.3 is 5.97 Å². The normalized spacial score (nSPS) is 34.4. The standard InChI is InChI=1S/C28H36N2O7/c1-15(24(33)29-27(25(34)35)9-3-4-10-27)21(32)23-28-11-12-30(14-16-5-6-16)19(26(28,2)36)13-17-7-8-18(31)22(37-23)20(17)28/h7-8,16,19,23,31-32,36H,3-6,9-14H2,1-2H3,(H,29,33)(H,34,35)/b21-15-/t19-,23+,26-,28+/m1/s1. The van der Waals surface area contributed by atoms with E-state index in [1.807, 2.05) is 6.07 Å². The number of rotatable bonds is 6. The molecule has 0 radical (unpaired) electrons. The van der Waals surface area contributed by atoms with Crippen LogP contribution in [0.4, 0.5) is 0 Å². The molecule has 4 atom stereocenters. The summed E-state index contributed by atoms with van der Waals surface area (Å²) in [5.41, 5.74) is -2.09. The number of hydrogen-bond acceptors (Lipinski definition) is 7.